The van der Waals surface area contributed by atoms with Crippen molar-refractivity contribution in [1.29, 1.82) is 0 Å². The normalized spacial score (nSPS) is 11.1. The van der Waals surface area contributed by atoms with E-state index >= 15 is 0 Å². The average molecular weight is 368 g/mol. The van der Waals surface area contributed by atoms with Gasteiger partial charge in [0.15, 0.2) is 5.65 Å². The van der Waals surface area contributed by atoms with Crippen LogP contribution in [0, 0.1) is 0 Å². The first-order valence-corrected chi connectivity index (χ1v) is 9.06. The Balaban J connectivity index is 1.63. The summed E-state index contributed by atoms with van der Waals surface area (Å²) in [4.78, 5) is 6.73. The molecule has 0 saturated carbocycles. The van der Waals surface area contributed by atoms with E-state index < -0.39 is 0 Å². The Hall–Kier alpha value is -2.50. The van der Waals surface area contributed by atoms with Crippen molar-refractivity contribution in [3.8, 4) is 17.1 Å². The minimum Gasteiger partial charge on any atom is -0.493 e. The van der Waals surface area contributed by atoms with Crippen LogP contribution in [0.1, 0.15) is 5.69 Å². The van der Waals surface area contributed by atoms with Gasteiger partial charge in [0, 0.05) is 27.5 Å². The standard InChI is InChI=1S/C19H14ClN3OS/c20-12-14-10-19(24)23-18(21-14)11-17(22-23)13-6-8-16(9-7-13)25-15-4-2-1-3-5-15/h1-11,24H,12H2. The number of alkyl halides is 1. The minimum atomic E-state index is 0.0307. The summed E-state index contributed by atoms with van der Waals surface area (Å²) < 4.78 is 1.41. The van der Waals surface area contributed by atoms with E-state index in [1.165, 1.54) is 15.5 Å². The maximum atomic E-state index is 10.1. The van der Waals surface area contributed by atoms with Crippen LogP contribution in [0.3, 0.4) is 0 Å². The molecule has 0 amide bonds. The van der Waals surface area contributed by atoms with Crippen LogP contribution >= 0.6 is 23.4 Å². The first-order valence-electron chi connectivity index (χ1n) is 7.71. The van der Waals surface area contributed by atoms with Crippen molar-refractivity contribution in [2.24, 2.45) is 0 Å². The van der Waals surface area contributed by atoms with E-state index in [-0.39, 0.29) is 11.8 Å². The van der Waals surface area contributed by atoms with E-state index in [9.17, 15) is 5.11 Å². The molecule has 0 fully saturated rings. The van der Waals surface area contributed by atoms with Crippen molar-refractivity contribution in [3.63, 3.8) is 0 Å². The Kier molecular flexibility index (Phi) is 4.34. The van der Waals surface area contributed by atoms with Crippen LogP contribution in [0.15, 0.2) is 76.5 Å². The highest BCUT2D eigenvalue weighted by Crippen LogP contribution is 2.30. The predicted molar refractivity (Wildman–Crippen MR) is 100 cm³/mol. The second kappa shape index (κ2) is 6.78. The second-order valence-electron chi connectivity index (χ2n) is 5.48. The molecule has 2 aromatic carbocycles. The van der Waals surface area contributed by atoms with Crippen LogP contribution in [0.5, 0.6) is 5.88 Å². The van der Waals surface area contributed by atoms with Gasteiger partial charge in [-0.05, 0) is 24.3 Å². The highest BCUT2D eigenvalue weighted by molar-refractivity contribution is 7.99. The summed E-state index contributed by atoms with van der Waals surface area (Å²) in [7, 11) is 0. The fourth-order valence-electron chi connectivity index (χ4n) is 2.54. The third-order valence-electron chi connectivity index (χ3n) is 3.73. The highest BCUT2D eigenvalue weighted by Gasteiger charge is 2.10. The summed E-state index contributed by atoms with van der Waals surface area (Å²) in [5.41, 5.74) is 2.92. The molecule has 4 rings (SSSR count). The van der Waals surface area contributed by atoms with Gasteiger partial charge in [0.05, 0.1) is 17.3 Å². The van der Waals surface area contributed by atoms with Crippen LogP contribution in [0.2, 0.25) is 0 Å². The lowest BCUT2D eigenvalue weighted by Crippen LogP contribution is -1.94. The highest BCUT2D eigenvalue weighted by atomic mass is 35.5. The molecule has 0 saturated heterocycles. The van der Waals surface area contributed by atoms with Crippen LogP contribution in [0.4, 0.5) is 0 Å². The fraction of sp³-hybridized carbons (Fsp3) is 0.0526. The van der Waals surface area contributed by atoms with E-state index in [0.29, 0.717) is 11.3 Å². The molecule has 0 radical (unpaired) electrons. The lowest BCUT2D eigenvalue weighted by molar-refractivity contribution is 0.434. The van der Waals surface area contributed by atoms with E-state index in [0.717, 1.165) is 16.2 Å². The second-order valence-corrected chi connectivity index (χ2v) is 6.89. The molecule has 25 heavy (non-hydrogen) atoms. The van der Waals surface area contributed by atoms with Gasteiger partial charge in [0.1, 0.15) is 0 Å². The molecule has 0 unspecified atom stereocenters. The molecule has 124 valence electrons. The van der Waals surface area contributed by atoms with Crippen LogP contribution in [-0.2, 0) is 5.88 Å². The smallest absolute Gasteiger partial charge is 0.215 e. The lowest BCUT2D eigenvalue weighted by Gasteiger charge is -2.02. The van der Waals surface area contributed by atoms with E-state index in [4.69, 9.17) is 11.6 Å². The van der Waals surface area contributed by atoms with Crippen LogP contribution in [0.25, 0.3) is 16.9 Å². The molecule has 0 atom stereocenters. The summed E-state index contributed by atoms with van der Waals surface area (Å²) in [6.45, 7) is 0. The Labute approximate surface area is 154 Å². The van der Waals surface area contributed by atoms with E-state index in [2.05, 4.69) is 34.3 Å². The van der Waals surface area contributed by atoms with Gasteiger partial charge in [0.25, 0.3) is 0 Å². The molecule has 4 aromatic rings. The molecule has 0 aliphatic carbocycles. The predicted octanol–water partition coefficient (Wildman–Crippen LogP) is 4.99. The van der Waals surface area contributed by atoms with Gasteiger partial charge in [-0.3, -0.25) is 0 Å². The number of halogens is 1. The molecule has 2 heterocycles. The summed E-state index contributed by atoms with van der Waals surface area (Å²) in [5, 5.41) is 14.5. The summed E-state index contributed by atoms with van der Waals surface area (Å²) in [6.07, 6.45) is 0. The maximum absolute atomic E-state index is 10.1. The van der Waals surface area contributed by atoms with Crippen molar-refractivity contribution in [3.05, 3.63) is 72.4 Å². The topological polar surface area (TPSA) is 50.4 Å². The van der Waals surface area contributed by atoms with Gasteiger partial charge in [-0.1, -0.05) is 42.1 Å². The van der Waals surface area contributed by atoms with E-state index in [1.807, 2.05) is 36.4 Å². The third kappa shape index (κ3) is 3.34. The molecule has 0 spiro atoms. The molecule has 0 aliphatic heterocycles. The third-order valence-corrected chi connectivity index (χ3v) is 5.02. The van der Waals surface area contributed by atoms with Gasteiger partial charge in [-0.2, -0.15) is 9.61 Å². The first kappa shape index (κ1) is 16.0. The zero-order chi connectivity index (χ0) is 17.2. The fourth-order valence-corrected chi connectivity index (χ4v) is 3.51. The number of aromatic nitrogens is 3. The Morgan fingerprint density at radius 2 is 1.68 bits per heavy atom. The minimum absolute atomic E-state index is 0.0307. The van der Waals surface area contributed by atoms with Crippen molar-refractivity contribution >= 4 is 29.0 Å². The number of nitrogens with zero attached hydrogens (tertiary/aromatic N) is 3. The summed E-state index contributed by atoms with van der Waals surface area (Å²) >= 11 is 7.51. The van der Waals surface area contributed by atoms with Gasteiger partial charge in [0.2, 0.25) is 5.88 Å². The molecule has 6 heteroatoms. The summed E-state index contributed by atoms with van der Waals surface area (Å²) in [5.74, 6) is 0.277. The maximum Gasteiger partial charge on any atom is 0.215 e. The SMILES string of the molecule is Oc1cc(CCl)nc2cc(-c3ccc(Sc4ccccc4)cc3)nn12. The molecule has 0 bridgehead atoms. The van der Waals surface area contributed by atoms with Crippen molar-refractivity contribution < 1.29 is 5.11 Å². The zero-order valence-corrected chi connectivity index (χ0v) is 14.7. The molecule has 0 aliphatic rings. The first-order chi connectivity index (χ1) is 12.2. The Morgan fingerprint density at radius 1 is 0.960 bits per heavy atom. The number of benzene rings is 2. The Morgan fingerprint density at radius 3 is 2.40 bits per heavy atom. The van der Waals surface area contributed by atoms with Crippen molar-refractivity contribution in [2.45, 2.75) is 15.7 Å². The van der Waals surface area contributed by atoms with Crippen molar-refractivity contribution in [1.82, 2.24) is 14.6 Å². The van der Waals surface area contributed by atoms with E-state index in [1.54, 1.807) is 11.8 Å². The number of hydrogen-bond acceptors (Lipinski definition) is 4. The zero-order valence-electron chi connectivity index (χ0n) is 13.1. The number of fused-ring (bicyclic) bond motifs is 1. The molecule has 2 aromatic heterocycles. The van der Waals surface area contributed by atoms with Crippen LogP contribution in [-0.4, -0.2) is 19.7 Å². The number of rotatable bonds is 4. The average Bonchev–Trinajstić information content (AvgIpc) is 3.08. The molecular formula is C19H14ClN3OS. The monoisotopic (exact) mass is 367 g/mol. The van der Waals surface area contributed by atoms with Crippen LogP contribution < -0.4 is 0 Å². The number of aromatic hydroxyl groups is 1. The van der Waals surface area contributed by atoms with Gasteiger partial charge < -0.3 is 5.11 Å². The van der Waals surface area contributed by atoms with Crippen molar-refractivity contribution in [2.75, 3.05) is 0 Å². The Bertz CT molecular complexity index is 1020. The molecule has 4 nitrogen and oxygen atoms in total. The van der Waals surface area contributed by atoms with Gasteiger partial charge in [-0.25, -0.2) is 4.98 Å². The molecule has 1 N–H and O–H groups in total. The quantitative estimate of drug-likeness (QED) is 0.516. The van der Waals surface area contributed by atoms with Gasteiger partial charge in [-0.15, -0.1) is 11.6 Å². The summed E-state index contributed by atoms with van der Waals surface area (Å²) in [6, 6.07) is 21.8. The molecular weight excluding hydrogens is 354 g/mol. The van der Waals surface area contributed by atoms with Gasteiger partial charge >= 0.3 is 0 Å². The largest absolute Gasteiger partial charge is 0.493 e. The number of hydrogen-bond donors (Lipinski definition) is 1. The lowest BCUT2D eigenvalue weighted by atomic mass is 10.1.